The molecule has 0 aliphatic heterocycles. The van der Waals surface area contributed by atoms with Crippen molar-refractivity contribution in [2.75, 3.05) is 0 Å². The van der Waals surface area contributed by atoms with Crippen LogP contribution in [0, 0.1) is 36.3 Å². The molecule has 4 nitrogen and oxygen atoms in total. The number of thiophene rings is 1. The summed E-state index contributed by atoms with van der Waals surface area (Å²) in [7, 11) is 0. The van der Waals surface area contributed by atoms with Crippen LogP contribution in [-0.2, 0) is 31.9 Å². The molecule has 0 spiro atoms. The SMILES string of the molecule is CC(C)Cc1cc(-c2[c-]cc(C#N)cc2)nc[c]1[Ge]([CH3])([CH3])[CH3].Cc1ccc2c(c1)sc1c(-c3nc4ccccc4n3-c3c(-c4ccccc4)cc(C(C)(C)C)cc3C(C)C)[c-]ccc12.[Ir]. The molecule has 0 amide bonds. The van der Waals surface area contributed by atoms with Crippen LogP contribution in [0.2, 0.25) is 17.3 Å². The molecule has 0 fully saturated rings. The number of para-hydroxylation sites is 2. The van der Waals surface area contributed by atoms with Crippen molar-refractivity contribution in [2.24, 2.45) is 5.92 Å². The zero-order valence-electron chi connectivity index (χ0n) is 39.5. The molecule has 0 unspecified atom stereocenters. The third-order valence-electron chi connectivity index (χ3n) is 12.0. The number of nitrogens with zero attached hydrogens (tertiary/aromatic N) is 4. The quantitative estimate of drug-likeness (QED) is 0.113. The normalized spacial score (nSPS) is 11.8. The van der Waals surface area contributed by atoms with Crippen molar-refractivity contribution in [3.05, 3.63) is 167 Å². The minimum absolute atomic E-state index is 0. The third kappa shape index (κ3) is 10.0. The maximum atomic E-state index is 8.89. The van der Waals surface area contributed by atoms with Crippen LogP contribution in [0.1, 0.15) is 82.2 Å². The summed E-state index contributed by atoms with van der Waals surface area (Å²) in [5, 5.41) is 11.4. The molecule has 65 heavy (non-hydrogen) atoms. The fourth-order valence-corrected chi connectivity index (χ4v) is 13.3. The minimum atomic E-state index is -1.92. The summed E-state index contributed by atoms with van der Waals surface area (Å²) in [5.74, 6) is 9.11. The molecule has 3 heterocycles. The van der Waals surface area contributed by atoms with E-state index in [9.17, 15) is 0 Å². The fourth-order valence-electron chi connectivity index (χ4n) is 8.63. The van der Waals surface area contributed by atoms with Gasteiger partial charge in [-0.15, -0.1) is 18.2 Å². The molecule has 0 atom stereocenters. The molecule has 0 saturated carbocycles. The Morgan fingerprint density at radius 1 is 0.831 bits per heavy atom. The van der Waals surface area contributed by atoms with Crippen molar-refractivity contribution in [2.45, 2.75) is 90.4 Å². The summed E-state index contributed by atoms with van der Waals surface area (Å²) < 4.78 is 6.44. The van der Waals surface area contributed by atoms with E-state index in [2.05, 4.69) is 210 Å². The Hall–Kier alpha value is -5.16. The van der Waals surface area contributed by atoms with Gasteiger partial charge >= 0.3 is 136 Å². The average molecular weight is 1110 g/mol. The van der Waals surface area contributed by atoms with Gasteiger partial charge in [-0.2, -0.15) is 11.3 Å². The largest absolute Gasteiger partial charge is 0.332 e. The number of imidazole rings is 1. The molecule has 7 heteroatoms. The second-order valence-electron chi connectivity index (χ2n) is 19.9. The first kappa shape index (κ1) is 47.8. The third-order valence-corrected chi connectivity index (χ3v) is 17.5. The van der Waals surface area contributed by atoms with E-state index in [1.54, 1.807) is 6.07 Å². The molecular weight excluding hydrogens is 1050 g/mol. The Labute approximate surface area is 406 Å². The topological polar surface area (TPSA) is 54.5 Å². The van der Waals surface area contributed by atoms with Crippen LogP contribution >= 0.6 is 11.3 Å². The number of rotatable bonds is 8. The van der Waals surface area contributed by atoms with Gasteiger partial charge in [0.2, 0.25) is 0 Å². The zero-order valence-corrected chi connectivity index (χ0v) is 44.8. The van der Waals surface area contributed by atoms with Gasteiger partial charge in [0.15, 0.2) is 0 Å². The second-order valence-corrected chi connectivity index (χ2v) is 31.5. The molecule has 0 N–H and O–H groups in total. The summed E-state index contributed by atoms with van der Waals surface area (Å²) in [5.41, 5.74) is 14.7. The predicted octanol–water partition coefficient (Wildman–Crippen LogP) is 15.4. The van der Waals surface area contributed by atoms with E-state index in [1.165, 1.54) is 63.6 Å². The second kappa shape index (κ2) is 19.4. The van der Waals surface area contributed by atoms with Gasteiger partial charge in [0, 0.05) is 36.1 Å². The van der Waals surface area contributed by atoms with Crippen LogP contribution in [0.4, 0.5) is 0 Å². The van der Waals surface area contributed by atoms with E-state index in [4.69, 9.17) is 10.2 Å². The summed E-state index contributed by atoms with van der Waals surface area (Å²) in [4.78, 5) is 10.0. The van der Waals surface area contributed by atoms with Crippen LogP contribution in [0.5, 0.6) is 0 Å². The smallest absolute Gasteiger partial charge is 0.0774 e. The molecule has 9 rings (SSSR count). The summed E-state index contributed by atoms with van der Waals surface area (Å²) in [6, 6.07) is 51.9. The van der Waals surface area contributed by atoms with Gasteiger partial charge in [-0.25, -0.2) is 0 Å². The van der Waals surface area contributed by atoms with E-state index < -0.39 is 13.3 Å². The number of pyridine rings is 1. The summed E-state index contributed by atoms with van der Waals surface area (Å²) in [6.07, 6.45) is 3.17. The Balaban J connectivity index is 0.000000233. The van der Waals surface area contributed by atoms with Crippen LogP contribution in [0.25, 0.3) is 70.7 Å². The Morgan fingerprint density at radius 3 is 2.23 bits per heavy atom. The molecule has 9 aromatic rings. The maximum Gasteiger partial charge on any atom is 0.0774 e. The van der Waals surface area contributed by atoms with Gasteiger partial charge in [0.05, 0.1) is 16.9 Å². The zero-order chi connectivity index (χ0) is 45.5. The predicted molar refractivity (Wildman–Crippen MR) is 276 cm³/mol. The number of fused-ring (bicyclic) bond motifs is 4. The van der Waals surface area contributed by atoms with E-state index >= 15 is 0 Å². The summed E-state index contributed by atoms with van der Waals surface area (Å²) in [6.45, 7) is 18.2. The fraction of sp³-hybridized carbons (Fsp3) is 0.259. The standard InChI is InChI=1S/C39H35N2S.C19H23GeN2.Ir/c1-24(2)31-22-27(39(4,5)6)23-32(26-13-8-7-9-14-26)36(31)41-34-18-11-10-17-33(34)40-38(41)30-16-12-15-29-28-20-19-25(3)21-35(28)42-37(29)30;1-14(2)10-17-11-19(22-13-18(17)20(3,4)5)16-8-6-15(12-21)7-9-16;/h7-15,17-24H,1-6H3;6-8,11,13-14H,10H2,1-5H3;/q2*-1;. The Morgan fingerprint density at radius 2 is 1.57 bits per heavy atom. The molecule has 0 aliphatic carbocycles. The van der Waals surface area contributed by atoms with Crippen LogP contribution in [0.3, 0.4) is 0 Å². The monoisotopic (exact) mass is 1110 g/mol. The molecule has 1 radical (unpaired) electrons. The molecular formula is C58H58GeIrN4S-2. The number of nitriles is 1. The van der Waals surface area contributed by atoms with Gasteiger partial charge in [0.1, 0.15) is 0 Å². The maximum absolute atomic E-state index is 8.89. The van der Waals surface area contributed by atoms with Crippen LogP contribution in [-0.4, -0.2) is 27.8 Å². The van der Waals surface area contributed by atoms with Gasteiger partial charge < -0.3 is 4.57 Å². The van der Waals surface area contributed by atoms with Crippen molar-refractivity contribution < 1.29 is 20.1 Å². The number of aryl methyl sites for hydroxylation is 1. The first-order chi connectivity index (χ1) is 30.5. The number of hydrogen-bond donors (Lipinski definition) is 0. The number of hydrogen-bond acceptors (Lipinski definition) is 4. The van der Waals surface area contributed by atoms with Gasteiger partial charge in [-0.05, 0) is 74.9 Å². The molecule has 3 aromatic heterocycles. The van der Waals surface area contributed by atoms with Crippen molar-refractivity contribution >= 4 is 60.2 Å². The van der Waals surface area contributed by atoms with E-state index in [-0.39, 0.29) is 25.5 Å². The first-order valence-electron chi connectivity index (χ1n) is 22.5. The summed E-state index contributed by atoms with van der Waals surface area (Å²) >= 11 is -0.0760. The van der Waals surface area contributed by atoms with Gasteiger partial charge in [-0.3, -0.25) is 4.98 Å². The Kier molecular flexibility index (Phi) is 14.2. The van der Waals surface area contributed by atoms with E-state index in [0.29, 0.717) is 17.4 Å². The molecule has 0 saturated heterocycles. The van der Waals surface area contributed by atoms with Gasteiger partial charge in [0.25, 0.3) is 0 Å². The molecule has 6 aromatic carbocycles. The van der Waals surface area contributed by atoms with E-state index in [0.717, 1.165) is 40.1 Å². The van der Waals surface area contributed by atoms with Crippen molar-refractivity contribution in [1.29, 1.82) is 5.26 Å². The van der Waals surface area contributed by atoms with E-state index in [1.807, 2.05) is 23.5 Å². The first-order valence-corrected chi connectivity index (χ1v) is 30.6. The molecule has 0 bridgehead atoms. The van der Waals surface area contributed by atoms with Crippen LogP contribution < -0.4 is 4.40 Å². The van der Waals surface area contributed by atoms with Crippen LogP contribution in [0.15, 0.2) is 128 Å². The van der Waals surface area contributed by atoms with Crippen molar-refractivity contribution in [3.8, 4) is 45.5 Å². The molecule has 0 aliphatic rings. The Bertz CT molecular complexity index is 3180. The van der Waals surface area contributed by atoms with Crippen molar-refractivity contribution in [3.63, 3.8) is 0 Å². The number of aromatic nitrogens is 3. The minimum Gasteiger partial charge on any atom is -0.332 e. The number of benzene rings is 6. The van der Waals surface area contributed by atoms with Gasteiger partial charge in [-0.1, -0.05) is 106 Å². The van der Waals surface area contributed by atoms with Crippen molar-refractivity contribution in [1.82, 2.24) is 14.5 Å². The average Bonchev–Trinajstić information content (AvgIpc) is 3.83. The molecule has 331 valence electrons.